The molecular formula is C21H22N6S. The molecule has 0 amide bonds. The minimum atomic E-state index is 0.871. The number of aryl methyl sites for hydroxylation is 2. The molecule has 0 atom stereocenters. The van der Waals surface area contributed by atoms with Crippen molar-refractivity contribution in [3.8, 4) is 0 Å². The van der Waals surface area contributed by atoms with E-state index >= 15 is 0 Å². The molecule has 0 saturated carbocycles. The topological polar surface area (TPSA) is 60.9 Å². The van der Waals surface area contributed by atoms with Gasteiger partial charge in [0, 0.05) is 31.1 Å². The summed E-state index contributed by atoms with van der Waals surface area (Å²) in [5, 5.41) is 1.32. The fraction of sp³-hybridized carbons (Fsp3) is 0.381. The minimum absolute atomic E-state index is 0.871. The lowest BCUT2D eigenvalue weighted by Gasteiger charge is -2.35. The fourth-order valence-corrected chi connectivity index (χ4v) is 5.79. The monoisotopic (exact) mass is 390 g/mol. The van der Waals surface area contributed by atoms with Gasteiger partial charge in [0.1, 0.15) is 22.8 Å². The zero-order valence-corrected chi connectivity index (χ0v) is 16.5. The number of nitrogens with one attached hydrogen (secondary N) is 1. The third-order valence-corrected chi connectivity index (χ3v) is 7.16. The van der Waals surface area contributed by atoms with Gasteiger partial charge in [-0.3, -0.25) is 4.90 Å². The second-order valence-corrected chi connectivity index (χ2v) is 8.78. The zero-order valence-electron chi connectivity index (χ0n) is 15.7. The van der Waals surface area contributed by atoms with Crippen LogP contribution in [0, 0.1) is 0 Å². The second-order valence-electron chi connectivity index (χ2n) is 7.70. The molecule has 1 saturated heterocycles. The first-order chi connectivity index (χ1) is 13.8. The number of imidazole rings is 1. The number of thiophene rings is 1. The number of benzene rings is 1. The molecule has 0 unspecified atom stereocenters. The van der Waals surface area contributed by atoms with E-state index in [1.54, 1.807) is 6.33 Å². The number of para-hydroxylation sites is 2. The van der Waals surface area contributed by atoms with Gasteiger partial charge in [-0.25, -0.2) is 15.0 Å². The van der Waals surface area contributed by atoms with Crippen molar-refractivity contribution in [2.45, 2.75) is 25.8 Å². The number of aromatic nitrogens is 4. The Hall–Kier alpha value is -2.51. The van der Waals surface area contributed by atoms with Crippen LogP contribution >= 0.6 is 11.3 Å². The molecule has 142 valence electrons. The van der Waals surface area contributed by atoms with Crippen molar-refractivity contribution in [3.63, 3.8) is 0 Å². The van der Waals surface area contributed by atoms with Crippen molar-refractivity contribution in [1.29, 1.82) is 0 Å². The zero-order chi connectivity index (χ0) is 18.5. The summed E-state index contributed by atoms with van der Waals surface area (Å²) in [6.45, 7) is 4.91. The predicted octanol–water partition coefficient (Wildman–Crippen LogP) is 3.38. The molecule has 0 spiro atoms. The van der Waals surface area contributed by atoms with Crippen molar-refractivity contribution in [2.24, 2.45) is 0 Å². The van der Waals surface area contributed by atoms with Crippen LogP contribution in [0.1, 0.15) is 22.7 Å². The molecule has 0 radical (unpaired) electrons. The van der Waals surface area contributed by atoms with E-state index in [9.17, 15) is 0 Å². The largest absolute Gasteiger partial charge is 0.353 e. The van der Waals surface area contributed by atoms with E-state index in [1.807, 2.05) is 23.5 Å². The van der Waals surface area contributed by atoms with Crippen molar-refractivity contribution in [1.82, 2.24) is 24.8 Å². The number of hydrogen-bond donors (Lipinski definition) is 1. The predicted molar refractivity (Wildman–Crippen MR) is 113 cm³/mol. The highest BCUT2D eigenvalue weighted by atomic mass is 32.1. The second kappa shape index (κ2) is 6.53. The number of nitrogens with zero attached hydrogens (tertiary/aromatic N) is 5. The molecule has 7 heteroatoms. The van der Waals surface area contributed by atoms with E-state index in [0.717, 1.165) is 55.4 Å². The van der Waals surface area contributed by atoms with E-state index in [1.165, 1.54) is 39.9 Å². The Morgan fingerprint density at radius 3 is 2.82 bits per heavy atom. The molecule has 0 bridgehead atoms. The molecule has 1 aliphatic heterocycles. The van der Waals surface area contributed by atoms with Gasteiger partial charge in [-0.1, -0.05) is 12.1 Å². The van der Waals surface area contributed by atoms with Crippen LogP contribution in [0.15, 0.2) is 30.6 Å². The maximum Gasteiger partial charge on any atom is 0.141 e. The molecule has 2 aliphatic rings. The number of aromatic amines is 1. The summed E-state index contributed by atoms with van der Waals surface area (Å²) < 4.78 is 0. The average molecular weight is 391 g/mol. The Labute approximate surface area is 167 Å². The van der Waals surface area contributed by atoms with Crippen LogP contribution in [0.5, 0.6) is 0 Å². The highest BCUT2D eigenvalue weighted by molar-refractivity contribution is 7.19. The number of anilines is 1. The standard InChI is InChI=1S/C21H22N6S/c1-2-6-16-15(5-1)24-18(25-16)12-26-8-10-27(11-9-26)20-19-14-4-3-7-17(14)28-21(19)23-13-22-20/h1-2,5-6,13H,3-4,7-12H2,(H,24,25). The maximum absolute atomic E-state index is 4.73. The van der Waals surface area contributed by atoms with E-state index in [4.69, 9.17) is 9.97 Å². The third-order valence-electron chi connectivity index (χ3n) is 5.96. The van der Waals surface area contributed by atoms with Crippen LogP contribution in [0.3, 0.4) is 0 Å². The van der Waals surface area contributed by atoms with Gasteiger partial charge in [0.15, 0.2) is 0 Å². The van der Waals surface area contributed by atoms with Crippen molar-refractivity contribution >= 4 is 38.4 Å². The van der Waals surface area contributed by atoms with Gasteiger partial charge in [-0.15, -0.1) is 11.3 Å². The number of hydrogen-bond acceptors (Lipinski definition) is 6. The van der Waals surface area contributed by atoms with E-state index in [2.05, 4.69) is 31.9 Å². The summed E-state index contributed by atoms with van der Waals surface area (Å²) in [5.74, 6) is 2.20. The summed E-state index contributed by atoms with van der Waals surface area (Å²) in [5.41, 5.74) is 3.68. The first-order valence-electron chi connectivity index (χ1n) is 10.0. The Bertz CT molecular complexity index is 1120. The Kier molecular flexibility index (Phi) is 3.84. The van der Waals surface area contributed by atoms with Gasteiger partial charge in [0.25, 0.3) is 0 Å². The fourth-order valence-electron chi connectivity index (χ4n) is 4.56. The molecule has 3 aromatic heterocycles. The van der Waals surface area contributed by atoms with Gasteiger partial charge < -0.3 is 9.88 Å². The quantitative estimate of drug-likeness (QED) is 0.581. The van der Waals surface area contributed by atoms with Gasteiger partial charge in [0.05, 0.1) is 23.0 Å². The van der Waals surface area contributed by atoms with E-state index in [0.29, 0.717) is 0 Å². The Morgan fingerprint density at radius 1 is 1.04 bits per heavy atom. The smallest absolute Gasteiger partial charge is 0.141 e. The normalized spacial score (nSPS) is 17.6. The SMILES string of the molecule is c1ccc2[nH]c(CN3CCN(c4ncnc5sc6c(c45)CCC6)CC3)nc2c1. The molecular weight excluding hydrogens is 368 g/mol. The molecule has 6 nitrogen and oxygen atoms in total. The number of piperazine rings is 1. The van der Waals surface area contributed by atoms with Crippen LogP contribution in [0.2, 0.25) is 0 Å². The summed E-state index contributed by atoms with van der Waals surface area (Å²) in [4.78, 5) is 25.0. The van der Waals surface area contributed by atoms with Gasteiger partial charge in [-0.05, 0) is 37.0 Å². The van der Waals surface area contributed by atoms with Crippen LogP contribution in [-0.4, -0.2) is 51.0 Å². The van der Waals surface area contributed by atoms with Crippen LogP contribution in [0.4, 0.5) is 5.82 Å². The summed E-state index contributed by atoms with van der Waals surface area (Å²) in [6.07, 6.45) is 5.41. The van der Waals surface area contributed by atoms with Gasteiger partial charge in [-0.2, -0.15) is 0 Å². The minimum Gasteiger partial charge on any atom is -0.353 e. The lowest BCUT2D eigenvalue weighted by Crippen LogP contribution is -2.46. The van der Waals surface area contributed by atoms with Crippen molar-refractivity contribution in [2.75, 3.05) is 31.1 Å². The maximum atomic E-state index is 4.73. The van der Waals surface area contributed by atoms with Crippen LogP contribution < -0.4 is 4.90 Å². The van der Waals surface area contributed by atoms with E-state index < -0.39 is 0 Å². The number of H-pyrrole nitrogens is 1. The molecule has 1 aliphatic carbocycles. The highest BCUT2D eigenvalue weighted by Crippen LogP contribution is 2.40. The molecule has 4 aromatic rings. The van der Waals surface area contributed by atoms with E-state index in [-0.39, 0.29) is 0 Å². The van der Waals surface area contributed by atoms with Crippen LogP contribution in [-0.2, 0) is 19.4 Å². The molecule has 1 N–H and O–H groups in total. The number of fused-ring (bicyclic) bond motifs is 4. The molecule has 1 fully saturated rings. The summed E-state index contributed by atoms with van der Waals surface area (Å²) in [7, 11) is 0. The van der Waals surface area contributed by atoms with Crippen molar-refractivity contribution < 1.29 is 0 Å². The molecule has 1 aromatic carbocycles. The van der Waals surface area contributed by atoms with Crippen LogP contribution in [0.25, 0.3) is 21.3 Å². The van der Waals surface area contributed by atoms with Gasteiger partial charge in [0.2, 0.25) is 0 Å². The van der Waals surface area contributed by atoms with Gasteiger partial charge >= 0.3 is 0 Å². The summed E-state index contributed by atoms with van der Waals surface area (Å²) >= 11 is 1.87. The lowest BCUT2D eigenvalue weighted by atomic mass is 10.1. The highest BCUT2D eigenvalue weighted by Gasteiger charge is 2.26. The lowest BCUT2D eigenvalue weighted by molar-refractivity contribution is 0.244. The molecule has 4 heterocycles. The first kappa shape index (κ1) is 16.4. The summed E-state index contributed by atoms with van der Waals surface area (Å²) in [6, 6.07) is 8.23. The average Bonchev–Trinajstić information content (AvgIpc) is 3.41. The Balaban J connectivity index is 1.20. The molecule has 28 heavy (non-hydrogen) atoms. The third kappa shape index (κ3) is 2.69. The van der Waals surface area contributed by atoms with Crippen molar-refractivity contribution in [3.05, 3.63) is 46.9 Å². The first-order valence-corrected chi connectivity index (χ1v) is 10.8. The molecule has 6 rings (SSSR count). The number of rotatable bonds is 3. The Morgan fingerprint density at radius 2 is 1.93 bits per heavy atom.